The van der Waals surface area contributed by atoms with Gasteiger partial charge in [0.05, 0.1) is 0 Å². The van der Waals surface area contributed by atoms with Crippen molar-refractivity contribution < 1.29 is 15.0 Å². The summed E-state index contributed by atoms with van der Waals surface area (Å²) in [5, 5.41) is 18.3. The number of rotatable bonds is 2. The molecule has 0 amide bonds. The molecule has 3 nitrogen and oxygen atoms in total. The number of hydrogen-bond acceptors (Lipinski definition) is 2. The highest BCUT2D eigenvalue weighted by atomic mass is 16.4. The van der Waals surface area contributed by atoms with E-state index in [0.29, 0.717) is 24.3 Å². The lowest BCUT2D eigenvalue weighted by molar-refractivity contribution is -0.153. The summed E-state index contributed by atoms with van der Waals surface area (Å²) in [6, 6.07) is 0. The number of carboxylic acid groups (broad SMARTS) is 1. The quantitative estimate of drug-likeness (QED) is 0.678. The molecular formula is C12H12O3. The van der Waals surface area contributed by atoms with Gasteiger partial charge in [-0.1, -0.05) is 12.7 Å². The van der Waals surface area contributed by atoms with Gasteiger partial charge in [-0.15, -0.1) is 0 Å². The second-order valence-corrected chi connectivity index (χ2v) is 4.28. The van der Waals surface area contributed by atoms with Crippen molar-refractivity contribution in [3.8, 4) is 0 Å². The van der Waals surface area contributed by atoms with E-state index in [-0.39, 0.29) is 5.76 Å². The van der Waals surface area contributed by atoms with E-state index in [1.54, 1.807) is 6.08 Å². The van der Waals surface area contributed by atoms with Crippen molar-refractivity contribution in [1.82, 2.24) is 0 Å². The first-order valence-electron chi connectivity index (χ1n) is 4.91. The molecule has 78 valence electrons. The number of carbonyl (C=O) groups is 1. The van der Waals surface area contributed by atoms with E-state index < -0.39 is 11.4 Å². The number of aliphatic carboxylic acids is 1. The number of aliphatic hydroxyl groups is 1. The molecule has 2 rings (SSSR count). The minimum absolute atomic E-state index is 0.00772. The number of hydrogen-bond donors (Lipinski definition) is 2. The van der Waals surface area contributed by atoms with Crippen molar-refractivity contribution in [2.45, 2.75) is 19.8 Å². The summed E-state index contributed by atoms with van der Waals surface area (Å²) in [6.07, 6.45) is 4.35. The minimum atomic E-state index is -0.809. The molecule has 3 heteroatoms. The predicted molar refractivity (Wildman–Crippen MR) is 54.3 cm³/mol. The van der Waals surface area contributed by atoms with Gasteiger partial charge in [-0.05, 0) is 36.6 Å². The monoisotopic (exact) mass is 204 g/mol. The van der Waals surface area contributed by atoms with Gasteiger partial charge in [-0.25, -0.2) is 0 Å². The minimum Gasteiger partial charge on any atom is -0.501 e. The lowest BCUT2D eigenvalue weighted by atomic mass is 9.58. The summed E-state index contributed by atoms with van der Waals surface area (Å²) in [6.45, 7) is 2.03. The van der Waals surface area contributed by atoms with Crippen molar-refractivity contribution in [3.05, 3.63) is 34.9 Å². The van der Waals surface area contributed by atoms with Gasteiger partial charge in [-0.2, -0.15) is 0 Å². The molecule has 0 spiro atoms. The van der Waals surface area contributed by atoms with Crippen molar-refractivity contribution >= 4 is 5.97 Å². The normalized spacial score (nSPS) is 33.0. The van der Waals surface area contributed by atoms with Gasteiger partial charge in [0, 0.05) is 5.57 Å². The van der Waals surface area contributed by atoms with Crippen LogP contribution in [0.15, 0.2) is 34.9 Å². The molecule has 15 heavy (non-hydrogen) atoms. The lowest BCUT2D eigenvalue weighted by Crippen LogP contribution is -2.44. The third kappa shape index (κ3) is 1.42. The van der Waals surface area contributed by atoms with Crippen molar-refractivity contribution in [2.75, 3.05) is 0 Å². The molecule has 0 radical (unpaired) electrons. The summed E-state index contributed by atoms with van der Waals surface area (Å²) in [4.78, 5) is 11.2. The first kappa shape index (κ1) is 9.85. The summed E-state index contributed by atoms with van der Waals surface area (Å²) in [7, 11) is 0. The average Bonchev–Trinajstić information content (AvgIpc) is 2.13. The van der Waals surface area contributed by atoms with Crippen molar-refractivity contribution in [3.63, 3.8) is 0 Å². The largest absolute Gasteiger partial charge is 0.501 e. The maximum Gasteiger partial charge on any atom is 0.314 e. The highest BCUT2D eigenvalue weighted by Gasteiger charge is 2.51. The first-order valence-corrected chi connectivity index (χ1v) is 4.91. The molecule has 0 heterocycles. The zero-order chi connectivity index (χ0) is 11.1. The standard InChI is InChI=1S/C12H12O3/c1-8-6-12(7-8,11(14)15)9-2-4-10(13)5-3-9/h2,4,8,13H,6-7H2,1H3,(H,14,15). The third-order valence-electron chi connectivity index (χ3n) is 3.05. The van der Waals surface area contributed by atoms with E-state index in [0.717, 1.165) is 0 Å². The fraction of sp³-hybridized carbons (Fsp3) is 0.417. The fourth-order valence-corrected chi connectivity index (χ4v) is 2.30. The van der Waals surface area contributed by atoms with Crippen LogP contribution in [0, 0.1) is 11.3 Å². The Labute approximate surface area is 87.7 Å². The molecule has 2 aliphatic rings. The lowest BCUT2D eigenvalue weighted by Gasteiger charge is -2.43. The Balaban J connectivity index is 2.42. The zero-order valence-corrected chi connectivity index (χ0v) is 8.45. The summed E-state index contributed by atoms with van der Waals surface area (Å²) < 4.78 is 0. The smallest absolute Gasteiger partial charge is 0.314 e. The van der Waals surface area contributed by atoms with Gasteiger partial charge in [-0.3, -0.25) is 4.79 Å². The molecular weight excluding hydrogens is 192 g/mol. The molecule has 0 aromatic heterocycles. The van der Waals surface area contributed by atoms with Crippen molar-refractivity contribution in [2.24, 2.45) is 11.3 Å². The van der Waals surface area contributed by atoms with Gasteiger partial charge in [0.2, 0.25) is 0 Å². The van der Waals surface area contributed by atoms with E-state index in [4.69, 9.17) is 5.11 Å². The molecule has 0 bridgehead atoms. The van der Waals surface area contributed by atoms with Crippen molar-refractivity contribution in [1.29, 1.82) is 0 Å². The summed E-state index contributed by atoms with van der Waals surface area (Å²) in [5.41, 5.74) is 5.05. The Kier molecular flexibility index (Phi) is 2.08. The molecule has 0 saturated heterocycles. The zero-order valence-electron chi connectivity index (χ0n) is 8.45. The summed E-state index contributed by atoms with van der Waals surface area (Å²) >= 11 is 0. The van der Waals surface area contributed by atoms with Crippen LogP contribution < -0.4 is 0 Å². The van der Waals surface area contributed by atoms with Gasteiger partial charge >= 0.3 is 5.97 Å². The van der Waals surface area contributed by atoms with Crippen LogP contribution in [0.1, 0.15) is 19.8 Å². The second kappa shape index (κ2) is 3.16. The SMILES string of the molecule is CC1CC(C(=O)O)(C2=C=C=C(O)C=C2)C1. The number of aliphatic hydroxyl groups excluding tert-OH is 1. The Morgan fingerprint density at radius 2 is 2.13 bits per heavy atom. The first-order chi connectivity index (χ1) is 7.04. The number of carboxylic acids is 1. The van der Waals surface area contributed by atoms with Crippen LogP contribution in [0.4, 0.5) is 0 Å². The molecule has 2 N–H and O–H groups in total. The molecule has 0 aliphatic heterocycles. The molecule has 0 atom stereocenters. The second-order valence-electron chi connectivity index (χ2n) is 4.28. The Hall–Kier alpha value is -1.69. The van der Waals surface area contributed by atoms with Crippen LogP contribution in [0.2, 0.25) is 0 Å². The van der Waals surface area contributed by atoms with Crippen LogP contribution in [0.5, 0.6) is 0 Å². The molecule has 1 fully saturated rings. The highest BCUT2D eigenvalue weighted by Crippen LogP contribution is 2.51. The molecule has 0 aromatic rings. The molecule has 0 aromatic carbocycles. The van der Waals surface area contributed by atoms with Crippen LogP contribution >= 0.6 is 0 Å². The highest BCUT2D eigenvalue weighted by molar-refractivity contribution is 5.81. The van der Waals surface area contributed by atoms with E-state index in [9.17, 15) is 9.90 Å². The van der Waals surface area contributed by atoms with Crippen LogP contribution in [0.3, 0.4) is 0 Å². The molecule has 2 aliphatic carbocycles. The van der Waals surface area contributed by atoms with E-state index in [1.807, 2.05) is 6.92 Å². The maximum absolute atomic E-state index is 11.2. The topological polar surface area (TPSA) is 57.5 Å². The van der Waals surface area contributed by atoms with E-state index in [2.05, 4.69) is 11.5 Å². The maximum atomic E-state index is 11.2. The Bertz CT molecular complexity index is 437. The average molecular weight is 204 g/mol. The predicted octanol–water partition coefficient (Wildman–Crippen LogP) is 2.18. The summed E-state index contributed by atoms with van der Waals surface area (Å²) in [5.74, 6) is -0.383. The van der Waals surface area contributed by atoms with E-state index >= 15 is 0 Å². The van der Waals surface area contributed by atoms with Gasteiger partial charge in [0.25, 0.3) is 0 Å². The van der Waals surface area contributed by atoms with Gasteiger partial charge in [0.15, 0.2) is 5.76 Å². The van der Waals surface area contributed by atoms with Crippen LogP contribution in [-0.4, -0.2) is 16.2 Å². The van der Waals surface area contributed by atoms with Crippen LogP contribution in [-0.2, 0) is 4.79 Å². The van der Waals surface area contributed by atoms with Crippen LogP contribution in [0.25, 0.3) is 0 Å². The third-order valence-corrected chi connectivity index (χ3v) is 3.05. The molecule has 1 saturated carbocycles. The fourth-order valence-electron chi connectivity index (χ4n) is 2.30. The van der Waals surface area contributed by atoms with E-state index in [1.165, 1.54) is 6.08 Å². The molecule has 0 unspecified atom stereocenters. The number of allylic oxidation sites excluding steroid dienone is 2. The Morgan fingerprint density at radius 1 is 1.47 bits per heavy atom. The van der Waals surface area contributed by atoms with Gasteiger partial charge < -0.3 is 10.2 Å². The van der Waals surface area contributed by atoms with Gasteiger partial charge in [0.1, 0.15) is 5.41 Å². The Morgan fingerprint density at radius 3 is 2.53 bits per heavy atom.